The molecule has 3 rings (SSSR count). The molecule has 8 nitrogen and oxygen atoms in total. The van der Waals surface area contributed by atoms with Crippen LogP contribution in [0.1, 0.15) is 16.7 Å². The molecule has 0 aliphatic rings. The molecule has 1 amide bonds. The van der Waals surface area contributed by atoms with Crippen LogP contribution in [0.15, 0.2) is 96.6 Å². The van der Waals surface area contributed by atoms with Crippen molar-refractivity contribution in [3.8, 4) is 5.75 Å². The summed E-state index contributed by atoms with van der Waals surface area (Å²) in [6.07, 6.45) is 0.861. The van der Waals surface area contributed by atoms with Crippen molar-refractivity contribution in [2.75, 3.05) is 14.2 Å². The molecule has 3 aromatic carbocycles. The number of carbonyl (C=O) groups excluding carboxylic acids is 3. The highest BCUT2D eigenvalue weighted by atomic mass is 16.6. The van der Waals surface area contributed by atoms with Gasteiger partial charge in [0.2, 0.25) is 0 Å². The number of benzene rings is 3. The lowest BCUT2D eigenvalue weighted by Gasteiger charge is -2.17. The number of esters is 2. The van der Waals surface area contributed by atoms with Gasteiger partial charge >= 0.3 is 18.0 Å². The van der Waals surface area contributed by atoms with E-state index in [9.17, 15) is 14.4 Å². The van der Waals surface area contributed by atoms with Crippen molar-refractivity contribution in [1.82, 2.24) is 5.32 Å². The molecule has 0 heterocycles. The summed E-state index contributed by atoms with van der Waals surface area (Å²) < 4.78 is 20.6. The van der Waals surface area contributed by atoms with E-state index < -0.39 is 24.1 Å². The molecule has 8 heteroatoms. The number of amides is 1. The highest BCUT2D eigenvalue weighted by molar-refractivity contribution is 6.14. The normalized spacial score (nSPS) is 11.0. The molecule has 192 valence electrons. The van der Waals surface area contributed by atoms with Crippen LogP contribution in [-0.4, -0.2) is 38.3 Å². The van der Waals surface area contributed by atoms with E-state index in [-0.39, 0.29) is 18.6 Å². The van der Waals surface area contributed by atoms with Gasteiger partial charge in [-0.2, -0.15) is 0 Å². The minimum atomic E-state index is -0.874. The van der Waals surface area contributed by atoms with E-state index in [0.29, 0.717) is 12.4 Å². The first-order valence-corrected chi connectivity index (χ1v) is 11.6. The lowest BCUT2D eigenvalue weighted by atomic mass is 10.0. The summed E-state index contributed by atoms with van der Waals surface area (Å²) in [6.45, 7) is 0.499. The topological polar surface area (TPSA) is 100 Å². The fraction of sp³-hybridized carbons (Fsp3) is 0.207. The van der Waals surface area contributed by atoms with Gasteiger partial charge in [-0.3, -0.25) is 0 Å². The Balaban J connectivity index is 1.72. The van der Waals surface area contributed by atoms with E-state index in [2.05, 4.69) is 5.32 Å². The Labute approximate surface area is 215 Å². The lowest BCUT2D eigenvalue weighted by molar-refractivity contribution is -0.144. The van der Waals surface area contributed by atoms with Crippen LogP contribution >= 0.6 is 0 Å². The molecule has 37 heavy (non-hydrogen) atoms. The smallest absolute Gasteiger partial charge is 0.407 e. The summed E-state index contributed by atoms with van der Waals surface area (Å²) in [4.78, 5) is 36.9. The standard InChI is InChI=1S/C29H29NO7/c1-34-27(31)26(28(32)35-2)18-24(30-29(33)37-20-23-11-7-4-8-12-23)17-21-13-15-25(16-14-21)36-19-22-9-5-3-6-10-22/h3-16,18,24H,17,19-20H2,1-2H3,(H,30,33). The first-order chi connectivity index (χ1) is 18.0. The molecule has 0 saturated carbocycles. The molecule has 0 saturated heterocycles. The van der Waals surface area contributed by atoms with E-state index >= 15 is 0 Å². The van der Waals surface area contributed by atoms with Gasteiger partial charge in [0.05, 0.1) is 20.3 Å². The molecule has 0 aliphatic heterocycles. The zero-order valence-corrected chi connectivity index (χ0v) is 20.7. The van der Waals surface area contributed by atoms with Gasteiger partial charge in [-0.05, 0) is 41.3 Å². The molecule has 0 aromatic heterocycles. The van der Waals surface area contributed by atoms with Crippen LogP contribution in [-0.2, 0) is 43.4 Å². The highest BCUT2D eigenvalue weighted by Gasteiger charge is 2.23. The van der Waals surface area contributed by atoms with Gasteiger partial charge in [0.15, 0.2) is 0 Å². The minimum Gasteiger partial charge on any atom is -0.489 e. The van der Waals surface area contributed by atoms with Gasteiger partial charge in [-0.1, -0.05) is 72.8 Å². The number of methoxy groups -OCH3 is 2. The first-order valence-electron chi connectivity index (χ1n) is 11.6. The van der Waals surface area contributed by atoms with Crippen molar-refractivity contribution in [2.24, 2.45) is 0 Å². The van der Waals surface area contributed by atoms with Gasteiger partial charge < -0.3 is 24.3 Å². The number of rotatable bonds is 11. The average Bonchev–Trinajstić information content (AvgIpc) is 2.94. The maximum absolute atomic E-state index is 12.5. The van der Waals surface area contributed by atoms with Crippen LogP contribution in [0.25, 0.3) is 0 Å². The minimum absolute atomic E-state index is 0.0669. The van der Waals surface area contributed by atoms with Crippen molar-refractivity contribution < 1.29 is 33.3 Å². The van der Waals surface area contributed by atoms with E-state index in [1.165, 1.54) is 6.08 Å². The summed E-state index contributed by atoms with van der Waals surface area (Å²) in [5, 5.41) is 2.70. The largest absolute Gasteiger partial charge is 0.489 e. The van der Waals surface area contributed by atoms with E-state index in [1.807, 2.05) is 84.9 Å². The van der Waals surface area contributed by atoms with Gasteiger partial charge in [-0.15, -0.1) is 0 Å². The van der Waals surface area contributed by atoms with Crippen LogP contribution in [0.5, 0.6) is 5.75 Å². The maximum Gasteiger partial charge on any atom is 0.407 e. The van der Waals surface area contributed by atoms with Gasteiger partial charge in [0, 0.05) is 0 Å². The van der Waals surface area contributed by atoms with Crippen molar-refractivity contribution in [2.45, 2.75) is 25.7 Å². The number of hydrogen-bond donors (Lipinski definition) is 1. The number of ether oxygens (including phenoxy) is 4. The van der Waals surface area contributed by atoms with Gasteiger partial charge in [0.25, 0.3) is 0 Å². The van der Waals surface area contributed by atoms with Crippen molar-refractivity contribution in [3.63, 3.8) is 0 Å². The Morgan fingerprint density at radius 2 is 1.27 bits per heavy atom. The molecule has 0 fully saturated rings. The zero-order valence-electron chi connectivity index (χ0n) is 20.7. The fourth-order valence-electron chi connectivity index (χ4n) is 3.42. The zero-order chi connectivity index (χ0) is 26.5. The number of nitrogens with one attached hydrogen (secondary N) is 1. The van der Waals surface area contributed by atoms with E-state index in [1.54, 1.807) is 0 Å². The number of hydrogen-bond acceptors (Lipinski definition) is 7. The Kier molecular flexibility index (Phi) is 10.3. The Morgan fingerprint density at radius 1 is 0.730 bits per heavy atom. The molecular weight excluding hydrogens is 474 g/mol. The Hall–Kier alpha value is -4.59. The third kappa shape index (κ3) is 8.85. The van der Waals surface area contributed by atoms with Crippen LogP contribution in [0.4, 0.5) is 4.79 Å². The van der Waals surface area contributed by atoms with Crippen LogP contribution in [0, 0.1) is 0 Å². The summed E-state index contributed by atoms with van der Waals surface area (Å²) in [5.41, 5.74) is 2.36. The summed E-state index contributed by atoms with van der Waals surface area (Å²) >= 11 is 0. The van der Waals surface area contributed by atoms with Gasteiger partial charge in [0.1, 0.15) is 24.5 Å². The maximum atomic E-state index is 12.5. The van der Waals surface area contributed by atoms with Crippen molar-refractivity contribution in [1.29, 1.82) is 0 Å². The van der Waals surface area contributed by atoms with Gasteiger partial charge in [-0.25, -0.2) is 14.4 Å². The van der Waals surface area contributed by atoms with Crippen LogP contribution in [0.3, 0.4) is 0 Å². The predicted octanol–water partition coefficient (Wildman–Crippen LogP) is 4.38. The second-order valence-corrected chi connectivity index (χ2v) is 8.00. The summed E-state index contributed by atoms with van der Waals surface area (Å²) in [7, 11) is 2.31. The molecule has 0 spiro atoms. The van der Waals surface area contributed by atoms with Crippen LogP contribution in [0.2, 0.25) is 0 Å². The Morgan fingerprint density at radius 3 is 1.81 bits per heavy atom. The quantitative estimate of drug-likeness (QED) is 0.136. The summed E-state index contributed by atoms with van der Waals surface area (Å²) in [5.74, 6) is -1.07. The predicted molar refractivity (Wildman–Crippen MR) is 137 cm³/mol. The van der Waals surface area contributed by atoms with Crippen LogP contribution < -0.4 is 10.1 Å². The molecule has 1 atom stereocenters. The fourth-order valence-corrected chi connectivity index (χ4v) is 3.42. The third-order valence-corrected chi connectivity index (χ3v) is 5.32. The second-order valence-electron chi connectivity index (χ2n) is 8.00. The number of alkyl carbamates (subject to hydrolysis) is 1. The molecule has 1 N–H and O–H groups in total. The second kappa shape index (κ2) is 14.1. The average molecular weight is 504 g/mol. The van der Waals surface area contributed by atoms with Crippen molar-refractivity contribution in [3.05, 3.63) is 113 Å². The number of carbonyl (C=O) groups is 3. The SMILES string of the molecule is COC(=O)C(=CC(Cc1ccc(OCc2ccccc2)cc1)NC(=O)OCc1ccccc1)C(=O)OC. The third-order valence-electron chi connectivity index (χ3n) is 5.32. The highest BCUT2D eigenvalue weighted by Crippen LogP contribution is 2.17. The molecule has 0 aliphatic carbocycles. The first kappa shape index (κ1) is 27.0. The molecule has 3 aromatic rings. The molecule has 1 unspecified atom stereocenters. The summed E-state index contributed by atoms with van der Waals surface area (Å²) in [6, 6.07) is 25.6. The lowest BCUT2D eigenvalue weighted by Crippen LogP contribution is -2.36. The molecular formula is C29H29NO7. The van der Waals surface area contributed by atoms with E-state index in [4.69, 9.17) is 18.9 Å². The van der Waals surface area contributed by atoms with E-state index in [0.717, 1.165) is 30.9 Å². The van der Waals surface area contributed by atoms with Crippen molar-refractivity contribution >= 4 is 18.0 Å². The monoisotopic (exact) mass is 503 g/mol. The molecule has 0 radical (unpaired) electrons. The molecule has 0 bridgehead atoms. The Bertz CT molecular complexity index is 1170.